The number of primary amides is 1. The van der Waals surface area contributed by atoms with Crippen LogP contribution in [0.5, 0.6) is 5.88 Å². The number of amides is 2. The van der Waals surface area contributed by atoms with Gasteiger partial charge >= 0.3 is 6.09 Å². The number of nitrogens with two attached hydrogens (primary N) is 1. The van der Waals surface area contributed by atoms with Gasteiger partial charge in [-0.25, -0.2) is 9.78 Å². The molecule has 2 amide bonds. The van der Waals surface area contributed by atoms with Crippen molar-refractivity contribution in [1.82, 2.24) is 9.88 Å². The van der Waals surface area contributed by atoms with E-state index in [1.165, 1.54) is 5.56 Å². The van der Waals surface area contributed by atoms with Crippen molar-refractivity contribution in [3.63, 3.8) is 0 Å². The number of likely N-dealkylation sites (tertiary alicyclic amines) is 1. The van der Waals surface area contributed by atoms with Crippen LogP contribution in [0.4, 0.5) is 10.5 Å². The molecule has 41 heavy (non-hydrogen) atoms. The maximum atomic E-state index is 12.7. The van der Waals surface area contributed by atoms with E-state index in [9.17, 15) is 14.9 Å². The molecule has 4 rings (SSSR count). The van der Waals surface area contributed by atoms with Gasteiger partial charge in [0.2, 0.25) is 5.88 Å². The van der Waals surface area contributed by atoms with Crippen LogP contribution in [0.2, 0.25) is 0 Å². The lowest BCUT2D eigenvalue weighted by atomic mass is 9.97. The molecule has 0 aliphatic carbocycles. The van der Waals surface area contributed by atoms with Crippen LogP contribution < -0.4 is 15.8 Å². The average Bonchev–Trinajstić information content (AvgIpc) is 2.94. The molecule has 0 radical (unpaired) electrons. The number of rotatable bonds is 9. The Bertz CT molecular complexity index is 1410. The second-order valence-corrected chi connectivity index (χ2v) is 11.2. The smallest absolute Gasteiger partial charge is 0.410 e. The highest BCUT2D eigenvalue weighted by atomic mass is 16.6. The van der Waals surface area contributed by atoms with E-state index in [4.69, 9.17) is 15.2 Å². The largest absolute Gasteiger partial charge is 0.467 e. The molecular weight excluding hydrogens is 518 g/mol. The molecule has 1 saturated heterocycles. The highest BCUT2D eigenvalue weighted by Gasteiger charge is 2.29. The zero-order valence-electron chi connectivity index (χ0n) is 23.9. The molecule has 1 atom stereocenters. The maximum Gasteiger partial charge on any atom is 0.410 e. The minimum Gasteiger partial charge on any atom is -0.467 e. The first-order chi connectivity index (χ1) is 19.6. The van der Waals surface area contributed by atoms with E-state index in [0.717, 1.165) is 36.8 Å². The number of carbonyl (C=O) groups excluding carboxylic acids is 2. The summed E-state index contributed by atoms with van der Waals surface area (Å²) in [6.45, 7) is 6.13. The lowest BCUT2D eigenvalue weighted by Gasteiger charge is -2.35. The molecule has 0 spiro atoms. The molecule has 9 nitrogen and oxygen atoms in total. The van der Waals surface area contributed by atoms with E-state index >= 15 is 0 Å². The topological polar surface area (TPSA) is 131 Å². The third-order valence-electron chi connectivity index (χ3n) is 6.70. The summed E-state index contributed by atoms with van der Waals surface area (Å²) in [5, 5.41) is 13.5. The van der Waals surface area contributed by atoms with Gasteiger partial charge in [0, 0.05) is 24.7 Å². The molecule has 214 valence electrons. The Kier molecular flexibility index (Phi) is 9.45. The van der Waals surface area contributed by atoms with Crippen LogP contribution in [-0.2, 0) is 22.4 Å². The van der Waals surface area contributed by atoms with Crippen LogP contribution in [-0.4, -0.2) is 53.2 Å². The number of benzene rings is 2. The summed E-state index contributed by atoms with van der Waals surface area (Å²) < 4.78 is 11.2. The predicted molar refractivity (Wildman–Crippen MR) is 157 cm³/mol. The van der Waals surface area contributed by atoms with E-state index in [1.54, 1.807) is 4.90 Å². The van der Waals surface area contributed by atoms with Crippen LogP contribution >= 0.6 is 0 Å². The molecule has 2 heterocycles. The first kappa shape index (κ1) is 29.4. The number of nitrogens with zero attached hydrogens (tertiary/aromatic N) is 3. The Morgan fingerprint density at radius 2 is 1.85 bits per heavy atom. The second-order valence-electron chi connectivity index (χ2n) is 11.2. The van der Waals surface area contributed by atoms with E-state index in [0.29, 0.717) is 24.5 Å². The number of piperidine rings is 1. The molecule has 2 aromatic carbocycles. The Morgan fingerprint density at radius 1 is 1.12 bits per heavy atom. The SMILES string of the molecule is CC(C)(C)OC(=O)N1CCCC(Nc2cc(-c3ccccc3CCc3ccccc3)nc(OCC(N)=O)c2C#N)C1. The van der Waals surface area contributed by atoms with Crippen molar-refractivity contribution in [3.05, 3.63) is 77.4 Å². The highest BCUT2D eigenvalue weighted by Crippen LogP contribution is 2.33. The Hall–Kier alpha value is -4.58. The number of aromatic nitrogens is 1. The van der Waals surface area contributed by atoms with Crippen LogP contribution in [0, 0.1) is 11.3 Å². The summed E-state index contributed by atoms with van der Waals surface area (Å²) in [5.74, 6) is -0.636. The Labute approximate surface area is 241 Å². The fraction of sp³-hybridized carbons (Fsp3) is 0.375. The second kappa shape index (κ2) is 13.2. The fourth-order valence-electron chi connectivity index (χ4n) is 4.84. The number of ether oxygens (including phenoxy) is 2. The minimum atomic E-state index is -0.667. The molecule has 1 unspecified atom stereocenters. The molecule has 3 N–H and O–H groups in total. The number of hydrogen-bond acceptors (Lipinski definition) is 7. The van der Waals surface area contributed by atoms with Gasteiger partial charge in [0.05, 0.1) is 11.4 Å². The number of nitrogens with one attached hydrogen (secondary N) is 1. The van der Waals surface area contributed by atoms with Gasteiger partial charge in [0.15, 0.2) is 6.61 Å². The van der Waals surface area contributed by atoms with Gasteiger partial charge in [-0.05, 0) is 63.6 Å². The number of nitriles is 1. The maximum absolute atomic E-state index is 12.7. The first-order valence-corrected chi connectivity index (χ1v) is 13.9. The highest BCUT2D eigenvalue weighted by molar-refractivity contribution is 5.77. The summed E-state index contributed by atoms with van der Waals surface area (Å²) in [7, 11) is 0. The predicted octanol–water partition coefficient (Wildman–Crippen LogP) is 5.08. The zero-order chi connectivity index (χ0) is 29.4. The summed E-state index contributed by atoms with van der Waals surface area (Å²) in [6.07, 6.45) is 2.86. The number of anilines is 1. The van der Waals surface area contributed by atoms with Crippen LogP contribution in [0.1, 0.15) is 50.3 Å². The minimum absolute atomic E-state index is 0.0315. The summed E-state index contributed by atoms with van der Waals surface area (Å²) in [5.41, 5.74) is 9.27. The van der Waals surface area contributed by atoms with Gasteiger partial charge in [-0.3, -0.25) is 4.79 Å². The van der Waals surface area contributed by atoms with E-state index in [1.807, 2.05) is 63.2 Å². The molecule has 0 saturated carbocycles. The summed E-state index contributed by atoms with van der Waals surface area (Å²) >= 11 is 0. The van der Waals surface area contributed by atoms with Crippen molar-refractivity contribution >= 4 is 17.7 Å². The standard InChI is InChI=1S/C32H37N5O4/c1-32(2,3)41-31(39)37-17-9-13-24(20-37)35-28-18-27(36-30(26(28)19-33)40-21-29(34)38)25-14-8-7-12-23(25)16-15-22-10-5-4-6-11-22/h4-8,10-12,14,18,24H,9,13,15-17,20-21H2,1-3H3,(H2,34,38)(H,35,36). The molecule has 1 aliphatic rings. The molecule has 9 heteroatoms. The summed E-state index contributed by atoms with van der Waals surface area (Å²) in [4.78, 5) is 30.6. The van der Waals surface area contributed by atoms with Crippen molar-refractivity contribution in [2.24, 2.45) is 5.73 Å². The lowest BCUT2D eigenvalue weighted by molar-refractivity contribution is -0.120. The van der Waals surface area contributed by atoms with Crippen molar-refractivity contribution < 1.29 is 19.1 Å². The zero-order valence-corrected chi connectivity index (χ0v) is 23.9. The van der Waals surface area contributed by atoms with Crippen molar-refractivity contribution in [2.75, 3.05) is 25.0 Å². The van der Waals surface area contributed by atoms with Gasteiger partial charge < -0.3 is 25.4 Å². The third-order valence-corrected chi connectivity index (χ3v) is 6.70. The van der Waals surface area contributed by atoms with Gasteiger partial charge in [-0.2, -0.15) is 5.26 Å². The monoisotopic (exact) mass is 555 g/mol. The Morgan fingerprint density at radius 3 is 2.56 bits per heavy atom. The summed E-state index contributed by atoms with van der Waals surface area (Å²) in [6, 6.07) is 22.1. The molecule has 1 aromatic heterocycles. The van der Waals surface area contributed by atoms with Crippen molar-refractivity contribution in [2.45, 2.75) is 58.1 Å². The van der Waals surface area contributed by atoms with Gasteiger partial charge in [0.1, 0.15) is 17.2 Å². The molecule has 0 bridgehead atoms. The number of hydrogen-bond donors (Lipinski definition) is 2. The number of carbonyl (C=O) groups is 2. The van der Waals surface area contributed by atoms with E-state index in [-0.39, 0.29) is 23.6 Å². The molecule has 1 aliphatic heterocycles. The van der Waals surface area contributed by atoms with E-state index < -0.39 is 18.1 Å². The van der Waals surface area contributed by atoms with Gasteiger partial charge in [-0.15, -0.1) is 0 Å². The number of aryl methyl sites for hydroxylation is 2. The normalized spacial score (nSPS) is 15.1. The molecule has 3 aromatic rings. The van der Waals surface area contributed by atoms with Gasteiger partial charge in [0.25, 0.3) is 5.91 Å². The molecular formula is C32H37N5O4. The first-order valence-electron chi connectivity index (χ1n) is 13.9. The Balaban J connectivity index is 1.65. The van der Waals surface area contributed by atoms with Crippen LogP contribution in [0.15, 0.2) is 60.7 Å². The van der Waals surface area contributed by atoms with Gasteiger partial charge in [-0.1, -0.05) is 54.6 Å². The van der Waals surface area contributed by atoms with Crippen LogP contribution in [0.3, 0.4) is 0 Å². The lowest BCUT2D eigenvalue weighted by Crippen LogP contribution is -2.47. The van der Waals surface area contributed by atoms with Crippen LogP contribution in [0.25, 0.3) is 11.3 Å². The van der Waals surface area contributed by atoms with Crippen molar-refractivity contribution in [1.29, 1.82) is 5.26 Å². The fourth-order valence-corrected chi connectivity index (χ4v) is 4.84. The van der Waals surface area contributed by atoms with E-state index in [2.05, 4.69) is 34.6 Å². The van der Waals surface area contributed by atoms with Crippen molar-refractivity contribution in [3.8, 4) is 23.2 Å². The number of pyridine rings is 1. The third kappa shape index (κ3) is 8.21. The average molecular weight is 556 g/mol. The molecule has 1 fully saturated rings. The quantitative estimate of drug-likeness (QED) is 0.376.